The maximum Gasteiger partial charge on any atom is 0.237 e. The van der Waals surface area contributed by atoms with Gasteiger partial charge in [-0.2, -0.15) is 0 Å². The third-order valence-electron chi connectivity index (χ3n) is 7.60. The second kappa shape index (κ2) is 13.0. The molecule has 0 bridgehead atoms. The Balaban J connectivity index is 0.000000714. The normalized spacial score (nSPS) is 25.6. The minimum Gasteiger partial charge on any atom is -0.392 e. The molecule has 41 heavy (non-hydrogen) atoms. The molecule has 2 fully saturated rings. The van der Waals surface area contributed by atoms with Gasteiger partial charge in [0.1, 0.15) is 5.82 Å². The summed E-state index contributed by atoms with van der Waals surface area (Å²) in [5.74, 6) is -1.75. The van der Waals surface area contributed by atoms with Crippen molar-refractivity contribution in [3.05, 3.63) is 63.4 Å². The molecule has 0 saturated carbocycles. The van der Waals surface area contributed by atoms with Gasteiger partial charge in [0, 0.05) is 42.8 Å². The standard InChI is InChI=1S/C26H29Cl2FN4O3.C5H12/c27-16-5-3-4-15(10-16)22-23(24(35)30-7-1-2-8-33-9-6-17(34)13-33)31-14-26(22)18-11-20(29)19(28)12-21(18)32-25(26)36;1-5(2,3)4/h3-5,10-12,17,22-23,31,34H,1-2,6-9,13-14H2,(H,30,35)(H,32,36);1-4H3/t17?,22?,23-,26-;/m1./s1. The largest absolute Gasteiger partial charge is 0.392 e. The van der Waals surface area contributed by atoms with E-state index in [-0.39, 0.29) is 29.5 Å². The van der Waals surface area contributed by atoms with Gasteiger partial charge < -0.3 is 26.0 Å². The summed E-state index contributed by atoms with van der Waals surface area (Å²) in [6.45, 7) is 11.9. The van der Waals surface area contributed by atoms with Crippen LogP contribution in [0.1, 0.15) is 64.0 Å². The van der Waals surface area contributed by atoms with Crippen LogP contribution in [0.2, 0.25) is 10.0 Å². The number of amides is 2. The second-order valence-corrected chi connectivity index (χ2v) is 13.7. The Hall–Kier alpha value is -2.23. The van der Waals surface area contributed by atoms with Crippen molar-refractivity contribution in [3.63, 3.8) is 0 Å². The lowest BCUT2D eigenvalue weighted by Gasteiger charge is -2.31. The Morgan fingerprint density at radius 2 is 1.93 bits per heavy atom. The Bertz CT molecular complexity index is 1260. The monoisotopic (exact) mass is 606 g/mol. The molecule has 2 saturated heterocycles. The average molecular weight is 608 g/mol. The maximum absolute atomic E-state index is 14.6. The average Bonchev–Trinajstić information content (AvgIpc) is 3.55. The first-order valence-electron chi connectivity index (χ1n) is 14.3. The first-order valence-corrected chi connectivity index (χ1v) is 15.0. The summed E-state index contributed by atoms with van der Waals surface area (Å²) in [6.07, 6.45) is 2.27. The Kier molecular flexibility index (Phi) is 10.0. The first-order chi connectivity index (χ1) is 19.3. The second-order valence-electron chi connectivity index (χ2n) is 12.9. The third-order valence-corrected chi connectivity index (χ3v) is 8.12. The van der Waals surface area contributed by atoms with Crippen molar-refractivity contribution in [2.75, 3.05) is 38.0 Å². The molecule has 3 aliphatic rings. The molecule has 3 aliphatic heterocycles. The molecular formula is C31H41Cl2FN4O3. The minimum atomic E-state index is -1.19. The van der Waals surface area contributed by atoms with E-state index in [0.29, 0.717) is 34.8 Å². The van der Waals surface area contributed by atoms with Crippen LogP contribution in [0, 0.1) is 11.2 Å². The molecule has 0 aromatic heterocycles. The summed E-state index contributed by atoms with van der Waals surface area (Å²) < 4.78 is 14.6. The maximum atomic E-state index is 14.6. The van der Waals surface area contributed by atoms with Crippen molar-refractivity contribution in [3.8, 4) is 0 Å². The quantitative estimate of drug-likeness (QED) is 0.329. The number of aliphatic hydroxyl groups is 1. The molecule has 7 nitrogen and oxygen atoms in total. The van der Waals surface area contributed by atoms with E-state index in [9.17, 15) is 19.1 Å². The van der Waals surface area contributed by atoms with Crippen LogP contribution < -0.4 is 16.0 Å². The molecule has 4 N–H and O–H groups in total. The highest BCUT2D eigenvalue weighted by Gasteiger charge is 2.60. The van der Waals surface area contributed by atoms with Crippen molar-refractivity contribution in [1.82, 2.24) is 15.5 Å². The fourth-order valence-corrected chi connectivity index (χ4v) is 6.22. The number of nitrogens with zero attached hydrogens (tertiary/aromatic N) is 1. The molecular weight excluding hydrogens is 566 g/mol. The lowest BCUT2D eigenvalue weighted by molar-refractivity contribution is -0.123. The van der Waals surface area contributed by atoms with E-state index in [4.69, 9.17) is 23.2 Å². The van der Waals surface area contributed by atoms with E-state index < -0.39 is 23.2 Å². The van der Waals surface area contributed by atoms with Gasteiger partial charge in [0.25, 0.3) is 0 Å². The summed E-state index contributed by atoms with van der Waals surface area (Å²) in [5.41, 5.74) is 0.964. The van der Waals surface area contributed by atoms with E-state index in [0.717, 1.165) is 37.9 Å². The van der Waals surface area contributed by atoms with Crippen LogP contribution in [0.15, 0.2) is 36.4 Å². The van der Waals surface area contributed by atoms with E-state index in [1.165, 1.54) is 12.1 Å². The number of aliphatic hydroxyl groups excluding tert-OH is 1. The molecule has 0 aliphatic carbocycles. The predicted octanol–water partition coefficient (Wildman–Crippen LogP) is 5.09. The van der Waals surface area contributed by atoms with Gasteiger partial charge in [-0.1, -0.05) is 63.0 Å². The van der Waals surface area contributed by atoms with Gasteiger partial charge in [-0.05, 0) is 66.6 Å². The molecule has 5 rings (SSSR count). The molecule has 2 aromatic carbocycles. The van der Waals surface area contributed by atoms with Crippen molar-refractivity contribution in [1.29, 1.82) is 0 Å². The number of unbranched alkanes of at least 4 members (excludes halogenated alkanes) is 1. The number of carbonyl (C=O) groups excluding carboxylic acids is 2. The van der Waals surface area contributed by atoms with Gasteiger partial charge >= 0.3 is 0 Å². The Labute approximate surface area is 252 Å². The summed E-state index contributed by atoms with van der Waals surface area (Å²) >= 11 is 12.3. The van der Waals surface area contributed by atoms with Crippen LogP contribution >= 0.6 is 23.2 Å². The smallest absolute Gasteiger partial charge is 0.237 e. The number of β-amino-alcohol motifs (C(OH)–C–C–N with tert-alkyl or cyclic N) is 1. The van der Waals surface area contributed by atoms with Gasteiger partial charge in [-0.3, -0.25) is 9.59 Å². The number of halogens is 3. The molecule has 4 atom stereocenters. The van der Waals surface area contributed by atoms with E-state index in [1.54, 1.807) is 18.2 Å². The van der Waals surface area contributed by atoms with E-state index in [2.05, 4.69) is 48.5 Å². The van der Waals surface area contributed by atoms with Gasteiger partial charge in [0.15, 0.2) is 0 Å². The zero-order valence-corrected chi connectivity index (χ0v) is 25.7. The zero-order valence-electron chi connectivity index (χ0n) is 24.2. The molecule has 10 heteroatoms. The predicted molar refractivity (Wildman–Crippen MR) is 162 cm³/mol. The topological polar surface area (TPSA) is 93.7 Å². The van der Waals surface area contributed by atoms with Crippen molar-refractivity contribution in [2.45, 2.75) is 70.4 Å². The molecule has 2 unspecified atom stereocenters. The lowest BCUT2D eigenvalue weighted by Crippen LogP contribution is -2.46. The van der Waals surface area contributed by atoms with E-state index in [1.807, 2.05) is 6.07 Å². The third kappa shape index (κ3) is 7.41. The van der Waals surface area contributed by atoms with Crippen LogP contribution in [0.25, 0.3) is 0 Å². The number of rotatable bonds is 7. The highest BCUT2D eigenvalue weighted by Crippen LogP contribution is 2.52. The number of nitrogens with one attached hydrogen (secondary N) is 3. The minimum absolute atomic E-state index is 0.0749. The Morgan fingerprint density at radius 3 is 2.59 bits per heavy atom. The van der Waals surface area contributed by atoms with Gasteiger partial charge in [-0.25, -0.2) is 4.39 Å². The highest BCUT2D eigenvalue weighted by molar-refractivity contribution is 6.31. The summed E-state index contributed by atoms with van der Waals surface area (Å²) in [5, 5.41) is 19.2. The zero-order chi connectivity index (χ0) is 29.9. The lowest BCUT2D eigenvalue weighted by atomic mass is 9.68. The van der Waals surface area contributed by atoms with E-state index >= 15 is 0 Å². The number of carbonyl (C=O) groups is 2. The number of benzene rings is 2. The molecule has 3 heterocycles. The fourth-order valence-electron chi connectivity index (χ4n) is 5.86. The van der Waals surface area contributed by atoms with Crippen molar-refractivity contribution < 1.29 is 19.1 Å². The number of hydrogen-bond donors (Lipinski definition) is 4. The van der Waals surface area contributed by atoms with Gasteiger partial charge in [-0.15, -0.1) is 0 Å². The highest BCUT2D eigenvalue weighted by atomic mass is 35.5. The Morgan fingerprint density at radius 1 is 1.20 bits per heavy atom. The number of likely N-dealkylation sites (tertiary alicyclic amines) is 1. The molecule has 2 aromatic rings. The summed E-state index contributed by atoms with van der Waals surface area (Å²) in [7, 11) is 0. The van der Waals surface area contributed by atoms with Crippen molar-refractivity contribution >= 4 is 40.7 Å². The van der Waals surface area contributed by atoms with Crippen LogP contribution in [0.5, 0.6) is 0 Å². The number of fused-ring (bicyclic) bond motifs is 2. The number of anilines is 1. The number of hydrogen-bond acceptors (Lipinski definition) is 5. The van der Waals surface area contributed by atoms with Crippen LogP contribution in [0.3, 0.4) is 0 Å². The summed E-state index contributed by atoms with van der Waals surface area (Å²) in [6, 6.07) is 9.11. The molecule has 0 radical (unpaired) electrons. The van der Waals surface area contributed by atoms with Crippen LogP contribution in [-0.2, 0) is 15.0 Å². The SMILES string of the molecule is CC(C)(C)C.O=C(NCCCCN1CCC(O)C1)[C@@H]1NC[C@]2(C(=O)Nc3cc(Cl)c(F)cc32)C1c1cccc(Cl)c1. The summed E-state index contributed by atoms with van der Waals surface area (Å²) in [4.78, 5) is 29.1. The van der Waals surface area contributed by atoms with Crippen LogP contribution in [0.4, 0.5) is 10.1 Å². The molecule has 224 valence electrons. The van der Waals surface area contributed by atoms with Crippen molar-refractivity contribution in [2.24, 2.45) is 5.41 Å². The van der Waals surface area contributed by atoms with Crippen LogP contribution in [-0.4, -0.2) is 66.7 Å². The van der Waals surface area contributed by atoms with Gasteiger partial charge in [0.05, 0.1) is 22.6 Å². The van der Waals surface area contributed by atoms with Gasteiger partial charge in [0.2, 0.25) is 11.8 Å². The molecule has 1 spiro atoms. The first kappa shape index (κ1) is 31.7. The fraction of sp³-hybridized carbons (Fsp3) is 0.548. The molecule has 2 amide bonds.